The van der Waals surface area contributed by atoms with Gasteiger partial charge in [-0.05, 0) is 36.7 Å². The normalized spacial score (nSPS) is 12.8. The van der Waals surface area contributed by atoms with Crippen molar-refractivity contribution in [3.05, 3.63) is 28.2 Å². The molecule has 1 atom stereocenters. The molecule has 3 nitrogen and oxygen atoms in total. The first-order valence-corrected chi connectivity index (χ1v) is 4.88. The zero-order valence-electron chi connectivity index (χ0n) is 7.20. The third-order valence-corrected chi connectivity index (χ3v) is 2.58. The minimum absolute atomic E-state index is 0.119. The fourth-order valence-corrected chi connectivity index (χ4v) is 1.69. The molecular weight excluding hydrogens is 232 g/mol. The highest BCUT2D eigenvalue weighted by atomic mass is 79.9. The van der Waals surface area contributed by atoms with Crippen LogP contribution in [0.15, 0.2) is 22.7 Å². The number of halogens is 1. The van der Waals surface area contributed by atoms with Crippen molar-refractivity contribution in [1.29, 1.82) is 0 Å². The molecule has 0 fully saturated rings. The van der Waals surface area contributed by atoms with Crippen molar-refractivity contribution < 1.29 is 5.11 Å². The van der Waals surface area contributed by atoms with Gasteiger partial charge in [-0.2, -0.15) is 0 Å². The third-order valence-electron chi connectivity index (χ3n) is 1.86. The van der Waals surface area contributed by atoms with E-state index in [2.05, 4.69) is 15.9 Å². The van der Waals surface area contributed by atoms with Gasteiger partial charge in [-0.15, -0.1) is 0 Å². The van der Waals surface area contributed by atoms with E-state index >= 15 is 0 Å². The molecule has 0 heterocycles. The Morgan fingerprint density at radius 2 is 2.15 bits per heavy atom. The first kappa shape index (κ1) is 10.5. The minimum Gasteiger partial charge on any atom is -0.508 e. The second kappa shape index (κ2) is 4.60. The second-order valence-corrected chi connectivity index (χ2v) is 3.74. The van der Waals surface area contributed by atoms with Gasteiger partial charge in [0.1, 0.15) is 5.75 Å². The molecule has 0 radical (unpaired) electrons. The molecular formula is C9H13BrN2O. The molecule has 0 aliphatic rings. The Hall–Kier alpha value is -0.580. The summed E-state index contributed by atoms with van der Waals surface area (Å²) >= 11 is 3.37. The maximum absolute atomic E-state index is 9.25. The summed E-state index contributed by atoms with van der Waals surface area (Å²) in [5.41, 5.74) is 12.1. The van der Waals surface area contributed by atoms with E-state index in [1.54, 1.807) is 18.2 Å². The number of aromatic hydroxyl groups is 1. The monoisotopic (exact) mass is 244 g/mol. The summed E-state index contributed by atoms with van der Waals surface area (Å²) < 4.78 is 0.909. The Bertz CT molecular complexity index is 291. The summed E-state index contributed by atoms with van der Waals surface area (Å²) in [6.45, 7) is 0.545. The van der Waals surface area contributed by atoms with Crippen molar-refractivity contribution >= 4 is 15.9 Å². The van der Waals surface area contributed by atoms with E-state index in [4.69, 9.17) is 11.5 Å². The molecule has 0 unspecified atom stereocenters. The highest BCUT2D eigenvalue weighted by Crippen LogP contribution is 2.27. The molecule has 0 bridgehead atoms. The largest absolute Gasteiger partial charge is 0.508 e. The van der Waals surface area contributed by atoms with E-state index in [0.717, 1.165) is 10.0 Å². The zero-order chi connectivity index (χ0) is 9.84. The van der Waals surface area contributed by atoms with Gasteiger partial charge in [-0.1, -0.05) is 15.9 Å². The Balaban J connectivity index is 2.91. The fraction of sp³-hybridized carbons (Fsp3) is 0.333. The molecule has 0 aliphatic carbocycles. The molecule has 13 heavy (non-hydrogen) atoms. The van der Waals surface area contributed by atoms with Crippen LogP contribution in [0.4, 0.5) is 0 Å². The molecule has 1 aromatic carbocycles. The number of hydrogen-bond donors (Lipinski definition) is 3. The van der Waals surface area contributed by atoms with Crippen molar-refractivity contribution in [3.8, 4) is 5.75 Å². The lowest BCUT2D eigenvalue weighted by molar-refractivity contribution is 0.473. The summed E-state index contributed by atoms with van der Waals surface area (Å²) in [4.78, 5) is 0. The predicted octanol–water partition coefficient (Wildman–Crippen LogP) is 1.50. The summed E-state index contributed by atoms with van der Waals surface area (Å²) in [5.74, 6) is 0.227. The average Bonchev–Trinajstić information content (AvgIpc) is 2.09. The lowest BCUT2D eigenvalue weighted by Crippen LogP contribution is -2.15. The van der Waals surface area contributed by atoms with E-state index < -0.39 is 0 Å². The van der Waals surface area contributed by atoms with Gasteiger partial charge in [0.05, 0.1) is 0 Å². The molecule has 72 valence electrons. The van der Waals surface area contributed by atoms with E-state index in [9.17, 15) is 5.11 Å². The zero-order valence-corrected chi connectivity index (χ0v) is 8.79. The summed E-state index contributed by atoms with van der Waals surface area (Å²) in [6, 6.07) is 4.93. The maximum atomic E-state index is 9.25. The molecule has 0 spiro atoms. The van der Waals surface area contributed by atoms with Crippen LogP contribution >= 0.6 is 15.9 Å². The summed E-state index contributed by atoms with van der Waals surface area (Å²) in [6.07, 6.45) is 0.710. The maximum Gasteiger partial charge on any atom is 0.115 e. The van der Waals surface area contributed by atoms with Crippen molar-refractivity contribution in [2.75, 3.05) is 6.54 Å². The number of benzene rings is 1. The highest BCUT2D eigenvalue weighted by Gasteiger charge is 2.09. The van der Waals surface area contributed by atoms with Crippen LogP contribution in [-0.4, -0.2) is 11.7 Å². The molecule has 0 aliphatic heterocycles. The topological polar surface area (TPSA) is 72.3 Å². The summed E-state index contributed by atoms with van der Waals surface area (Å²) in [5, 5.41) is 9.25. The van der Waals surface area contributed by atoms with Crippen LogP contribution in [0.25, 0.3) is 0 Å². The van der Waals surface area contributed by atoms with Crippen molar-refractivity contribution in [3.63, 3.8) is 0 Å². The van der Waals surface area contributed by atoms with Gasteiger partial charge in [0.2, 0.25) is 0 Å². The summed E-state index contributed by atoms with van der Waals surface area (Å²) in [7, 11) is 0. The van der Waals surface area contributed by atoms with Crippen LogP contribution < -0.4 is 11.5 Å². The van der Waals surface area contributed by atoms with Crippen molar-refractivity contribution in [2.45, 2.75) is 12.5 Å². The number of hydrogen-bond acceptors (Lipinski definition) is 3. The van der Waals surface area contributed by atoms with Gasteiger partial charge in [-0.3, -0.25) is 0 Å². The molecule has 5 N–H and O–H groups in total. The number of nitrogens with two attached hydrogens (primary N) is 2. The molecule has 0 aromatic heterocycles. The Morgan fingerprint density at radius 1 is 1.46 bits per heavy atom. The van der Waals surface area contributed by atoms with Gasteiger partial charge < -0.3 is 16.6 Å². The van der Waals surface area contributed by atoms with Crippen LogP contribution in [0.3, 0.4) is 0 Å². The lowest BCUT2D eigenvalue weighted by Gasteiger charge is -2.12. The number of phenolic OH excluding ortho intramolecular Hbond substituents is 1. The fourth-order valence-electron chi connectivity index (χ4n) is 1.15. The molecule has 0 saturated heterocycles. The van der Waals surface area contributed by atoms with Gasteiger partial charge in [0.25, 0.3) is 0 Å². The molecule has 0 saturated carbocycles. The molecule has 4 heteroatoms. The lowest BCUT2D eigenvalue weighted by atomic mass is 10.0. The van der Waals surface area contributed by atoms with E-state index in [1.165, 1.54) is 0 Å². The van der Waals surface area contributed by atoms with E-state index in [0.29, 0.717) is 13.0 Å². The Morgan fingerprint density at radius 3 is 2.77 bits per heavy atom. The number of phenols is 1. The van der Waals surface area contributed by atoms with Crippen molar-refractivity contribution in [2.24, 2.45) is 11.5 Å². The predicted molar refractivity (Wildman–Crippen MR) is 56.4 cm³/mol. The van der Waals surface area contributed by atoms with Crippen LogP contribution in [0.2, 0.25) is 0 Å². The standard InChI is InChI=1S/C9H13BrN2O/c10-8-2-1-6(13)5-7(8)9(12)3-4-11/h1-2,5,9,13H,3-4,11-12H2/t9-/m1/s1. The van der Waals surface area contributed by atoms with Crippen LogP contribution in [0, 0.1) is 0 Å². The highest BCUT2D eigenvalue weighted by molar-refractivity contribution is 9.10. The van der Waals surface area contributed by atoms with Crippen LogP contribution in [0.1, 0.15) is 18.0 Å². The third kappa shape index (κ3) is 2.69. The SMILES string of the molecule is NCC[C@@H](N)c1cc(O)ccc1Br. The second-order valence-electron chi connectivity index (χ2n) is 2.89. The van der Waals surface area contributed by atoms with Gasteiger partial charge in [0, 0.05) is 10.5 Å². The van der Waals surface area contributed by atoms with Gasteiger partial charge in [0.15, 0.2) is 0 Å². The minimum atomic E-state index is -0.119. The Kier molecular flexibility index (Phi) is 3.71. The van der Waals surface area contributed by atoms with E-state index in [1.807, 2.05) is 0 Å². The molecule has 1 aromatic rings. The van der Waals surface area contributed by atoms with Crippen LogP contribution in [0.5, 0.6) is 5.75 Å². The first-order chi connectivity index (χ1) is 6.15. The van der Waals surface area contributed by atoms with Crippen molar-refractivity contribution in [1.82, 2.24) is 0 Å². The quantitative estimate of drug-likeness (QED) is 0.755. The smallest absolute Gasteiger partial charge is 0.115 e. The molecule has 0 amide bonds. The average molecular weight is 245 g/mol. The van der Waals surface area contributed by atoms with Gasteiger partial charge >= 0.3 is 0 Å². The number of rotatable bonds is 3. The van der Waals surface area contributed by atoms with E-state index in [-0.39, 0.29) is 11.8 Å². The first-order valence-electron chi connectivity index (χ1n) is 4.09. The van der Waals surface area contributed by atoms with Crippen LogP contribution in [-0.2, 0) is 0 Å². The molecule has 1 rings (SSSR count). The van der Waals surface area contributed by atoms with Gasteiger partial charge in [-0.25, -0.2) is 0 Å². The Labute approximate surface area is 85.9 Å².